The van der Waals surface area contributed by atoms with Gasteiger partial charge < -0.3 is 10.1 Å². The number of alkyl halides is 3. The number of benzene rings is 2. The van der Waals surface area contributed by atoms with Crippen LogP contribution in [0, 0.1) is 0 Å². The number of rotatable bonds is 6. The van der Waals surface area contributed by atoms with Crippen LogP contribution in [0.25, 0.3) is 11.3 Å². The van der Waals surface area contributed by atoms with Gasteiger partial charge in [0, 0.05) is 29.0 Å². The molecule has 0 spiro atoms. The Morgan fingerprint density at radius 1 is 1.14 bits per heavy atom. The van der Waals surface area contributed by atoms with Gasteiger partial charge in [-0.2, -0.15) is 13.2 Å². The van der Waals surface area contributed by atoms with Crippen molar-refractivity contribution in [3.63, 3.8) is 0 Å². The number of halogens is 3. The van der Waals surface area contributed by atoms with Crippen molar-refractivity contribution >= 4 is 23.7 Å². The van der Waals surface area contributed by atoms with E-state index >= 15 is 0 Å². The zero-order valence-electron chi connectivity index (χ0n) is 20.4. The molecule has 2 aromatic carbocycles. The molecule has 10 heteroatoms. The minimum atomic E-state index is -4.57. The Bertz CT molecular complexity index is 1260. The Hall–Kier alpha value is -3.24. The third-order valence-electron chi connectivity index (χ3n) is 6.00. The summed E-state index contributed by atoms with van der Waals surface area (Å²) in [6.07, 6.45) is -4.57. The number of carbonyl (C=O) groups is 1. The highest BCUT2D eigenvalue weighted by Crippen LogP contribution is 2.43. The number of methoxy groups -OCH3 is 1. The van der Waals surface area contributed by atoms with Gasteiger partial charge in [-0.1, -0.05) is 26.0 Å². The summed E-state index contributed by atoms with van der Waals surface area (Å²) in [4.78, 5) is 20.3. The third-order valence-corrected chi connectivity index (χ3v) is 6.71. The van der Waals surface area contributed by atoms with E-state index in [9.17, 15) is 18.0 Å². The van der Waals surface area contributed by atoms with E-state index in [1.165, 1.54) is 37.3 Å². The van der Waals surface area contributed by atoms with Crippen molar-refractivity contribution in [1.82, 2.24) is 15.0 Å². The summed E-state index contributed by atoms with van der Waals surface area (Å²) < 4.78 is 49.3. The smallest absolute Gasteiger partial charge is 0.417 e. The molecule has 4 rings (SSSR count). The molecule has 0 radical (unpaired) electrons. The van der Waals surface area contributed by atoms with Crippen LogP contribution in [0.4, 0.5) is 23.7 Å². The minimum Gasteiger partial charge on any atom is -0.497 e. The summed E-state index contributed by atoms with van der Waals surface area (Å²) >= 11 is 1.50. The Morgan fingerprint density at radius 3 is 2.50 bits per heavy atom. The van der Waals surface area contributed by atoms with Crippen LogP contribution in [0.1, 0.15) is 30.7 Å². The second kappa shape index (κ2) is 10.0. The molecular formula is C26H27F3N4O2S. The first-order chi connectivity index (χ1) is 17.0. The Kier molecular flexibility index (Phi) is 7.19. The lowest BCUT2D eigenvalue weighted by Gasteiger charge is -2.20. The second-order valence-corrected chi connectivity index (χ2v) is 10.1. The molecule has 2 heterocycles. The molecule has 1 aromatic heterocycles. The molecule has 190 valence electrons. The number of aromatic nitrogens is 1. The number of anilines is 1. The predicted octanol–water partition coefficient (Wildman–Crippen LogP) is 6.01. The van der Waals surface area contributed by atoms with Crippen molar-refractivity contribution in [1.29, 1.82) is 0 Å². The van der Waals surface area contributed by atoms with Crippen LogP contribution >= 0.6 is 11.9 Å². The highest BCUT2D eigenvalue weighted by molar-refractivity contribution is 7.97. The molecule has 0 atom stereocenters. The number of carbonyl (C=O) groups excluding carboxylic acids is 1. The molecular weight excluding hydrogens is 489 g/mol. The van der Waals surface area contributed by atoms with Crippen molar-refractivity contribution in [2.24, 2.45) is 0 Å². The molecule has 1 aliphatic heterocycles. The van der Waals surface area contributed by atoms with Crippen molar-refractivity contribution in [3.05, 3.63) is 71.4 Å². The van der Waals surface area contributed by atoms with Gasteiger partial charge >= 0.3 is 12.2 Å². The average molecular weight is 517 g/mol. The van der Waals surface area contributed by atoms with E-state index in [1.54, 1.807) is 11.0 Å². The molecule has 1 aliphatic rings. The Labute approximate surface area is 212 Å². The monoisotopic (exact) mass is 516 g/mol. The first kappa shape index (κ1) is 25.8. The van der Waals surface area contributed by atoms with Crippen LogP contribution in [-0.2, 0) is 18.1 Å². The predicted molar refractivity (Wildman–Crippen MR) is 135 cm³/mol. The molecule has 3 aromatic rings. The van der Waals surface area contributed by atoms with Gasteiger partial charge in [0.25, 0.3) is 0 Å². The summed E-state index contributed by atoms with van der Waals surface area (Å²) in [6, 6.07) is 14.6. The van der Waals surface area contributed by atoms with E-state index in [4.69, 9.17) is 4.74 Å². The molecule has 0 bridgehead atoms. The fraction of sp³-hybridized carbons (Fsp3) is 0.308. The van der Waals surface area contributed by atoms with E-state index in [0.717, 1.165) is 16.5 Å². The summed E-state index contributed by atoms with van der Waals surface area (Å²) in [7, 11) is 3.17. The molecule has 0 saturated heterocycles. The summed E-state index contributed by atoms with van der Waals surface area (Å²) in [6.45, 7) is 4.55. The van der Waals surface area contributed by atoms with Crippen molar-refractivity contribution in [3.8, 4) is 17.0 Å². The average Bonchev–Trinajstić information content (AvgIpc) is 3.13. The maximum atomic E-state index is 13.8. The van der Waals surface area contributed by atoms with Gasteiger partial charge in [-0.05, 0) is 67.0 Å². The maximum Gasteiger partial charge on any atom is 0.417 e. The molecule has 6 nitrogen and oxygen atoms in total. The molecule has 36 heavy (non-hydrogen) atoms. The standard InChI is InChI=1S/C26H27F3N4O2S/c1-25(2)15-33(24(34)31-14-16-5-8-18(9-6-16)36-30-3)22-12-11-21(32-23(22)25)19-10-7-17(35-4)13-20(19)26(27,28)29/h5-13,30H,14-15H2,1-4H3,(H,31,34). The highest BCUT2D eigenvalue weighted by atomic mass is 32.2. The van der Waals surface area contributed by atoms with Crippen LogP contribution in [-0.4, -0.2) is 31.7 Å². The lowest BCUT2D eigenvalue weighted by atomic mass is 9.90. The first-order valence-corrected chi connectivity index (χ1v) is 12.1. The van der Waals surface area contributed by atoms with E-state index in [2.05, 4.69) is 15.0 Å². The Morgan fingerprint density at radius 2 is 1.86 bits per heavy atom. The summed E-state index contributed by atoms with van der Waals surface area (Å²) in [5.74, 6) is 0.117. The van der Waals surface area contributed by atoms with Crippen LogP contribution < -0.4 is 19.7 Å². The number of nitrogens with one attached hydrogen (secondary N) is 2. The van der Waals surface area contributed by atoms with Gasteiger partial charge in [-0.15, -0.1) is 0 Å². The topological polar surface area (TPSA) is 66.5 Å². The van der Waals surface area contributed by atoms with Crippen molar-refractivity contribution in [2.45, 2.75) is 36.9 Å². The first-order valence-electron chi connectivity index (χ1n) is 11.3. The van der Waals surface area contributed by atoms with Crippen LogP contribution in [0.3, 0.4) is 0 Å². The fourth-order valence-corrected chi connectivity index (χ4v) is 4.74. The lowest BCUT2D eigenvalue weighted by molar-refractivity contribution is -0.137. The van der Waals surface area contributed by atoms with Gasteiger partial charge in [0.05, 0.1) is 29.7 Å². The summed E-state index contributed by atoms with van der Waals surface area (Å²) in [5.41, 5.74) is 0.911. The van der Waals surface area contributed by atoms with Crippen molar-refractivity contribution < 1.29 is 22.7 Å². The molecule has 0 aliphatic carbocycles. The number of urea groups is 1. The minimum absolute atomic E-state index is 0.0373. The highest BCUT2D eigenvalue weighted by Gasteiger charge is 2.40. The molecule has 2 N–H and O–H groups in total. The van der Waals surface area contributed by atoms with Crippen molar-refractivity contribution in [2.75, 3.05) is 25.6 Å². The third kappa shape index (κ3) is 5.29. The van der Waals surface area contributed by atoms with Crippen LogP contribution in [0.5, 0.6) is 5.75 Å². The van der Waals surface area contributed by atoms with E-state index in [-0.39, 0.29) is 23.0 Å². The SMILES string of the molecule is CNSc1ccc(CNC(=O)N2CC(C)(C)c3nc(-c4ccc(OC)cc4C(F)(F)F)ccc32)cc1. The van der Waals surface area contributed by atoms with Gasteiger partial charge in [-0.25, -0.2) is 9.78 Å². The number of ether oxygens (including phenoxy) is 1. The van der Waals surface area contributed by atoms with Gasteiger partial charge in [0.1, 0.15) is 5.75 Å². The van der Waals surface area contributed by atoms with Crippen LogP contribution in [0.2, 0.25) is 0 Å². The van der Waals surface area contributed by atoms with E-state index < -0.39 is 17.2 Å². The number of hydrogen-bond acceptors (Lipinski definition) is 5. The normalized spacial score (nSPS) is 14.5. The number of fused-ring (bicyclic) bond motifs is 1. The van der Waals surface area contributed by atoms with Gasteiger partial charge in [0.2, 0.25) is 0 Å². The zero-order valence-corrected chi connectivity index (χ0v) is 21.2. The number of hydrogen-bond donors (Lipinski definition) is 2. The maximum absolute atomic E-state index is 13.8. The molecule has 0 fully saturated rings. The number of nitrogens with zero attached hydrogens (tertiary/aromatic N) is 2. The number of pyridine rings is 1. The quantitative estimate of drug-likeness (QED) is 0.393. The van der Waals surface area contributed by atoms with E-state index in [1.807, 2.05) is 45.2 Å². The summed E-state index contributed by atoms with van der Waals surface area (Å²) in [5, 5.41) is 2.93. The second-order valence-electron chi connectivity index (χ2n) is 9.05. The Balaban J connectivity index is 1.59. The fourth-order valence-electron chi connectivity index (χ4n) is 4.23. The molecule has 0 unspecified atom stereocenters. The number of amides is 2. The molecule has 2 amide bonds. The van der Waals surface area contributed by atoms with Crippen LogP contribution in [0.15, 0.2) is 59.5 Å². The molecule has 0 saturated carbocycles. The largest absolute Gasteiger partial charge is 0.497 e. The van der Waals surface area contributed by atoms with E-state index in [0.29, 0.717) is 24.5 Å². The lowest BCUT2D eigenvalue weighted by Crippen LogP contribution is -2.41. The zero-order chi connectivity index (χ0) is 26.1. The van der Waals surface area contributed by atoms with Gasteiger partial charge in [-0.3, -0.25) is 9.62 Å². The van der Waals surface area contributed by atoms with Gasteiger partial charge in [0.15, 0.2) is 0 Å².